The average molecular weight is 342 g/mol. The first kappa shape index (κ1) is 15.7. The number of carbonyl (C=O) groups is 1. The van der Waals surface area contributed by atoms with E-state index >= 15 is 0 Å². The molecule has 126 valence electrons. The molecule has 0 bridgehead atoms. The van der Waals surface area contributed by atoms with Crippen molar-refractivity contribution < 1.29 is 4.79 Å². The van der Waals surface area contributed by atoms with Gasteiger partial charge in [0.25, 0.3) is 0 Å². The van der Waals surface area contributed by atoms with Crippen LogP contribution in [0.25, 0.3) is 0 Å². The molecule has 1 amide bonds. The number of fused-ring (bicyclic) bond motifs is 1. The first-order valence-corrected chi connectivity index (χ1v) is 9.50. The fourth-order valence-corrected chi connectivity index (χ4v) is 4.46. The van der Waals surface area contributed by atoms with E-state index in [-0.39, 0.29) is 11.9 Å². The Morgan fingerprint density at radius 1 is 1.42 bits per heavy atom. The fraction of sp³-hybridized carbons (Fsp3) is 0.500. The predicted octanol–water partition coefficient (Wildman–Crippen LogP) is 2.57. The van der Waals surface area contributed by atoms with E-state index in [1.165, 1.54) is 11.1 Å². The average Bonchev–Trinajstić information content (AvgIpc) is 3.25. The monoisotopic (exact) mass is 342 g/mol. The van der Waals surface area contributed by atoms with E-state index in [1.54, 1.807) is 11.3 Å². The molecule has 0 radical (unpaired) electrons. The molecule has 2 aromatic heterocycles. The lowest BCUT2D eigenvalue weighted by atomic mass is 10.1. The first-order chi connectivity index (χ1) is 11.7. The maximum absolute atomic E-state index is 12.9. The van der Waals surface area contributed by atoms with E-state index in [0.717, 1.165) is 50.4 Å². The lowest BCUT2D eigenvalue weighted by molar-refractivity contribution is -0.133. The van der Waals surface area contributed by atoms with Crippen LogP contribution in [0.4, 0.5) is 0 Å². The van der Waals surface area contributed by atoms with Crippen LogP contribution >= 0.6 is 11.3 Å². The van der Waals surface area contributed by atoms with Crippen LogP contribution in [0.2, 0.25) is 0 Å². The molecule has 0 unspecified atom stereocenters. The summed E-state index contributed by atoms with van der Waals surface area (Å²) in [5, 5.41) is 4.27. The number of amides is 1. The largest absolute Gasteiger partial charge is 0.335 e. The highest BCUT2D eigenvalue weighted by atomic mass is 32.1. The molecule has 24 heavy (non-hydrogen) atoms. The van der Waals surface area contributed by atoms with E-state index in [2.05, 4.69) is 36.6 Å². The Morgan fingerprint density at radius 3 is 3.17 bits per heavy atom. The summed E-state index contributed by atoms with van der Waals surface area (Å²) in [6.45, 7) is 4.94. The number of aryl methyl sites for hydroxylation is 1. The smallest absolute Gasteiger partial charge is 0.237 e. The molecule has 4 heterocycles. The van der Waals surface area contributed by atoms with Crippen LogP contribution in [0, 0.1) is 6.92 Å². The summed E-state index contributed by atoms with van der Waals surface area (Å²) in [5.41, 5.74) is 3.59. The van der Waals surface area contributed by atoms with Crippen LogP contribution in [0.5, 0.6) is 0 Å². The van der Waals surface area contributed by atoms with Crippen molar-refractivity contribution >= 4 is 17.2 Å². The Balaban J connectivity index is 1.43. The summed E-state index contributed by atoms with van der Waals surface area (Å²) in [5.74, 6) is 1.05. The molecular formula is C18H22N4OS. The van der Waals surface area contributed by atoms with Crippen molar-refractivity contribution in [3.05, 3.63) is 45.7 Å². The van der Waals surface area contributed by atoms with E-state index in [9.17, 15) is 4.79 Å². The second-order valence-electron chi connectivity index (χ2n) is 6.65. The van der Waals surface area contributed by atoms with Crippen molar-refractivity contribution in [1.82, 2.24) is 19.8 Å². The number of likely N-dealkylation sites (tertiary alicyclic amines) is 1. The quantitative estimate of drug-likeness (QED) is 0.860. The molecule has 0 saturated carbocycles. The van der Waals surface area contributed by atoms with Crippen molar-refractivity contribution in [1.29, 1.82) is 0 Å². The minimum absolute atomic E-state index is 0.248. The minimum Gasteiger partial charge on any atom is -0.335 e. The number of hydrogen-bond donors (Lipinski definition) is 0. The number of nitrogens with zero attached hydrogens (tertiary/aromatic N) is 4. The number of hydrogen-bond acceptors (Lipinski definition) is 5. The van der Waals surface area contributed by atoms with Crippen LogP contribution in [0.3, 0.4) is 0 Å². The van der Waals surface area contributed by atoms with E-state index in [1.807, 2.05) is 13.1 Å². The van der Waals surface area contributed by atoms with Crippen LogP contribution < -0.4 is 0 Å². The zero-order chi connectivity index (χ0) is 16.5. The van der Waals surface area contributed by atoms with Gasteiger partial charge in [-0.15, -0.1) is 0 Å². The number of carbonyl (C=O) groups excluding carboxylic acids is 1. The van der Waals surface area contributed by atoms with Gasteiger partial charge in [-0.3, -0.25) is 9.69 Å². The first-order valence-electron chi connectivity index (χ1n) is 8.56. The maximum Gasteiger partial charge on any atom is 0.237 e. The minimum atomic E-state index is 0.248. The molecule has 1 saturated heterocycles. The molecule has 2 aliphatic heterocycles. The molecule has 2 aliphatic rings. The lowest BCUT2D eigenvalue weighted by Crippen LogP contribution is -2.42. The normalized spacial score (nSPS) is 21.0. The van der Waals surface area contributed by atoms with Gasteiger partial charge in [0.05, 0.1) is 18.3 Å². The van der Waals surface area contributed by atoms with Gasteiger partial charge in [0.2, 0.25) is 5.91 Å². The highest BCUT2D eigenvalue weighted by molar-refractivity contribution is 7.07. The maximum atomic E-state index is 12.9. The summed E-state index contributed by atoms with van der Waals surface area (Å²) in [6.07, 6.45) is 5.04. The Labute approximate surface area is 146 Å². The lowest BCUT2D eigenvalue weighted by Gasteiger charge is -2.31. The van der Waals surface area contributed by atoms with E-state index in [0.29, 0.717) is 6.54 Å². The number of rotatable bonds is 3. The summed E-state index contributed by atoms with van der Waals surface area (Å²) in [4.78, 5) is 26.0. The fourth-order valence-electron chi connectivity index (χ4n) is 3.75. The van der Waals surface area contributed by atoms with Crippen molar-refractivity contribution in [2.45, 2.75) is 38.8 Å². The second kappa shape index (κ2) is 6.61. The third-order valence-corrected chi connectivity index (χ3v) is 5.71. The third-order valence-electron chi connectivity index (χ3n) is 5.01. The molecule has 0 aromatic carbocycles. The molecule has 0 aliphatic carbocycles. The molecule has 2 aromatic rings. The van der Waals surface area contributed by atoms with Crippen LogP contribution in [0.1, 0.15) is 41.5 Å². The highest BCUT2D eigenvalue weighted by Gasteiger charge is 2.31. The molecule has 1 atom stereocenters. The number of aromatic nitrogens is 2. The summed E-state index contributed by atoms with van der Waals surface area (Å²) in [7, 11) is 0. The van der Waals surface area contributed by atoms with E-state index in [4.69, 9.17) is 0 Å². The molecule has 5 nitrogen and oxygen atoms in total. The standard InChI is InChI=1S/C18H22N4OS/c1-13-19-9-14-4-7-21(10-16(14)20-13)11-18(23)22-6-2-3-17(22)15-5-8-24-12-15/h5,8-9,12,17H,2-4,6-7,10-11H2,1H3/t17-/m1/s1. The van der Waals surface area contributed by atoms with Crippen LogP contribution in [0.15, 0.2) is 23.0 Å². The van der Waals surface area contributed by atoms with Gasteiger partial charge >= 0.3 is 0 Å². The van der Waals surface area contributed by atoms with Crippen LogP contribution in [-0.2, 0) is 17.8 Å². The van der Waals surface area contributed by atoms with Crippen molar-refractivity contribution in [2.75, 3.05) is 19.6 Å². The van der Waals surface area contributed by atoms with Gasteiger partial charge in [0.15, 0.2) is 0 Å². The van der Waals surface area contributed by atoms with Gasteiger partial charge in [0.1, 0.15) is 5.82 Å². The third kappa shape index (κ3) is 3.08. The van der Waals surface area contributed by atoms with Crippen LogP contribution in [-0.4, -0.2) is 45.3 Å². The molecule has 0 N–H and O–H groups in total. The summed E-state index contributed by atoms with van der Waals surface area (Å²) >= 11 is 1.71. The van der Waals surface area contributed by atoms with Crippen molar-refractivity contribution in [3.63, 3.8) is 0 Å². The SMILES string of the molecule is Cc1ncc2c(n1)CN(CC(=O)N1CCC[C@@H]1c1ccsc1)CC2. The van der Waals surface area contributed by atoms with Gasteiger partial charge < -0.3 is 4.90 Å². The van der Waals surface area contributed by atoms with Gasteiger partial charge in [0, 0.05) is 25.8 Å². The van der Waals surface area contributed by atoms with E-state index < -0.39 is 0 Å². The zero-order valence-corrected chi connectivity index (χ0v) is 14.8. The Bertz CT molecular complexity index is 731. The second-order valence-corrected chi connectivity index (χ2v) is 7.43. The number of thiophene rings is 1. The van der Waals surface area contributed by atoms with Gasteiger partial charge in [-0.1, -0.05) is 0 Å². The molecule has 6 heteroatoms. The molecule has 0 spiro atoms. The molecule has 1 fully saturated rings. The Morgan fingerprint density at radius 2 is 2.33 bits per heavy atom. The van der Waals surface area contributed by atoms with Gasteiger partial charge in [-0.25, -0.2) is 9.97 Å². The summed E-state index contributed by atoms with van der Waals surface area (Å²) < 4.78 is 0. The van der Waals surface area contributed by atoms with Gasteiger partial charge in [-0.05, 0) is 54.1 Å². The Hall–Kier alpha value is -1.79. The zero-order valence-electron chi connectivity index (χ0n) is 13.9. The van der Waals surface area contributed by atoms with Gasteiger partial charge in [-0.2, -0.15) is 11.3 Å². The molecule has 4 rings (SSSR count). The van der Waals surface area contributed by atoms with Crippen molar-refractivity contribution in [3.8, 4) is 0 Å². The topological polar surface area (TPSA) is 49.3 Å². The highest BCUT2D eigenvalue weighted by Crippen LogP contribution is 2.33. The predicted molar refractivity (Wildman–Crippen MR) is 93.8 cm³/mol. The van der Waals surface area contributed by atoms with Crippen molar-refractivity contribution in [2.24, 2.45) is 0 Å². The Kier molecular flexibility index (Phi) is 4.33. The molecular weight excluding hydrogens is 320 g/mol. The summed E-state index contributed by atoms with van der Waals surface area (Å²) in [6, 6.07) is 2.42.